The van der Waals surface area contributed by atoms with E-state index in [0.717, 1.165) is 44.4 Å². The number of hydrogen-bond donors (Lipinski definition) is 0. The fraction of sp³-hybridized carbons (Fsp3) is 0.0833. The van der Waals surface area contributed by atoms with E-state index in [9.17, 15) is 4.79 Å². The van der Waals surface area contributed by atoms with Gasteiger partial charge in [0.1, 0.15) is 0 Å². The lowest BCUT2D eigenvalue weighted by Crippen LogP contribution is -1.95. The Morgan fingerprint density at radius 3 is 2.23 bits per heavy atom. The van der Waals surface area contributed by atoms with Crippen molar-refractivity contribution < 1.29 is 4.79 Å². The van der Waals surface area contributed by atoms with E-state index in [1.165, 1.54) is 11.1 Å². The van der Waals surface area contributed by atoms with Crippen LogP contribution in [0.2, 0.25) is 0 Å². The number of aryl methyl sites for hydroxylation is 2. The zero-order valence-corrected chi connectivity index (χ0v) is 14.7. The van der Waals surface area contributed by atoms with E-state index in [0.29, 0.717) is 0 Å². The molecule has 0 aliphatic heterocycles. The Bertz CT molecular complexity index is 1200. The molecule has 0 spiro atoms. The molecule has 0 atom stereocenters. The number of carbonyl (C=O) groups excluding carboxylic acids is 1. The SMILES string of the molecule is Cc1cc(C)cc(-c2ccc3c4c(ccc3n2)C(=O)c2ccccc2-4)c1. The molecule has 0 unspecified atom stereocenters. The van der Waals surface area contributed by atoms with E-state index < -0.39 is 0 Å². The summed E-state index contributed by atoms with van der Waals surface area (Å²) in [5, 5.41) is 1.04. The number of aromatic nitrogens is 1. The topological polar surface area (TPSA) is 30.0 Å². The van der Waals surface area contributed by atoms with E-state index in [1.807, 2.05) is 36.4 Å². The molecule has 3 aromatic carbocycles. The third-order valence-electron chi connectivity index (χ3n) is 5.07. The Kier molecular flexibility index (Phi) is 3.10. The molecule has 1 aromatic heterocycles. The molecule has 1 aliphatic rings. The van der Waals surface area contributed by atoms with Gasteiger partial charge in [-0.05, 0) is 55.8 Å². The maximum Gasteiger partial charge on any atom is 0.194 e. The van der Waals surface area contributed by atoms with Crippen LogP contribution in [-0.2, 0) is 0 Å². The van der Waals surface area contributed by atoms with Gasteiger partial charge < -0.3 is 0 Å². The average molecular weight is 335 g/mol. The number of rotatable bonds is 1. The maximum atomic E-state index is 12.7. The van der Waals surface area contributed by atoms with Gasteiger partial charge in [-0.1, -0.05) is 41.5 Å². The Hall–Kier alpha value is -3.26. The molecule has 2 heteroatoms. The van der Waals surface area contributed by atoms with E-state index in [-0.39, 0.29) is 5.78 Å². The van der Waals surface area contributed by atoms with Gasteiger partial charge in [0.05, 0.1) is 11.2 Å². The number of carbonyl (C=O) groups is 1. The molecule has 0 N–H and O–H groups in total. The van der Waals surface area contributed by atoms with E-state index in [4.69, 9.17) is 4.98 Å². The van der Waals surface area contributed by atoms with Crippen molar-refractivity contribution in [1.29, 1.82) is 0 Å². The van der Waals surface area contributed by atoms with Gasteiger partial charge in [-0.3, -0.25) is 4.79 Å². The fourth-order valence-electron chi connectivity index (χ4n) is 4.01. The van der Waals surface area contributed by atoms with Crippen molar-refractivity contribution in [3.05, 3.63) is 89.0 Å². The highest BCUT2D eigenvalue weighted by molar-refractivity contribution is 6.25. The Labute approximate surface area is 152 Å². The third kappa shape index (κ3) is 2.12. The Morgan fingerprint density at radius 2 is 1.46 bits per heavy atom. The summed E-state index contributed by atoms with van der Waals surface area (Å²) in [5.41, 5.74) is 9.06. The van der Waals surface area contributed by atoms with Crippen molar-refractivity contribution in [2.24, 2.45) is 0 Å². The lowest BCUT2D eigenvalue weighted by Gasteiger charge is -2.09. The van der Waals surface area contributed by atoms with Crippen molar-refractivity contribution in [3.8, 4) is 22.4 Å². The van der Waals surface area contributed by atoms with Gasteiger partial charge in [0.2, 0.25) is 0 Å². The molecule has 0 fully saturated rings. The van der Waals surface area contributed by atoms with Crippen LogP contribution in [0.25, 0.3) is 33.3 Å². The van der Waals surface area contributed by atoms with Crippen LogP contribution in [0.5, 0.6) is 0 Å². The summed E-state index contributed by atoms with van der Waals surface area (Å²) in [6, 6.07) is 22.4. The van der Waals surface area contributed by atoms with Gasteiger partial charge in [0.25, 0.3) is 0 Å². The van der Waals surface area contributed by atoms with Crippen molar-refractivity contribution in [3.63, 3.8) is 0 Å². The number of ketones is 1. The maximum absolute atomic E-state index is 12.7. The predicted octanol–water partition coefficient (Wildman–Crippen LogP) is 5.73. The quantitative estimate of drug-likeness (QED) is 0.391. The first-order valence-corrected chi connectivity index (χ1v) is 8.78. The van der Waals surface area contributed by atoms with Crippen LogP contribution in [0.15, 0.2) is 66.7 Å². The highest BCUT2D eigenvalue weighted by Crippen LogP contribution is 2.41. The summed E-state index contributed by atoms with van der Waals surface area (Å²) in [6.45, 7) is 4.21. The van der Waals surface area contributed by atoms with E-state index in [2.05, 4.69) is 44.2 Å². The van der Waals surface area contributed by atoms with E-state index >= 15 is 0 Å². The number of benzene rings is 3. The van der Waals surface area contributed by atoms with Crippen LogP contribution in [0.3, 0.4) is 0 Å². The zero-order valence-electron chi connectivity index (χ0n) is 14.7. The molecule has 0 amide bonds. The molecule has 124 valence electrons. The van der Waals surface area contributed by atoms with Crippen molar-refractivity contribution in [1.82, 2.24) is 4.98 Å². The first-order valence-electron chi connectivity index (χ1n) is 8.78. The fourth-order valence-corrected chi connectivity index (χ4v) is 4.01. The minimum atomic E-state index is 0.107. The van der Waals surface area contributed by atoms with Crippen LogP contribution < -0.4 is 0 Å². The normalized spacial score (nSPS) is 12.3. The second kappa shape index (κ2) is 5.37. The van der Waals surface area contributed by atoms with Crippen LogP contribution in [0, 0.1) is 13.8 Å². The van der Waals surface area contributed by atoms with Gasteiger partial charge in [-0.15, -0.1) is 0 Å². The smallest absolute Gasteiger partial charge is 0.194 e. The van der Waals surface area contributed by atoms with Crippen LogP contribution in [0.1, 0.15) is 27.0 Å². The highest BCUT2D eigenvalue weighted by atomic mass is 16.1. The summed E-state index contributed by atoms with van der Waals surface area (Å²) < 4.78 is 0. The summed E-state index contributed by atoms with van der Waals surface area (Å²) in [4.78, 5) is 17.6. The lowest BCUT2D eigenvalue weighted by molar-refractivity contribution is 0.104. The largest absolute Gasteiger partial charge is 0.289 e. The van der Waals surface area contributed by atoms with Crippen LogP contribution in [0.4, 0.5) is 0 Å². The minimum Gasteiger partial charge on any atom is -0.289 e. The monoisotopic (exact) mass is 335 g/mol. The number of fused-ring (bicyclic) bond motifs is 5. The first-order chi connectivity index (χ1) is 12.6. The van der Waals surface area contributed by atoms with Crippen LogP contribution >= 0.6 is 0 Å². The van der Waals surface area contributed by atoms with Crippen LogP contribution in [-0.4, -0.2) is 10.8 Å². The van der Waals surface area contributed by atoms with Crippen molar-refractivity contribution >= 4 is 16.7 Å². The molecule has 0 bridgehead atoms. The molecule has 0 saturated carbocycles. The number of hydrogen-bond acceptors (Lipinski definition) is 2. The Balaban J connectivity index is 1.75. The molecule has 0 radical (unpaired) electrons. The predicted molar refractivity (Wildman–Crippen MR) is 106 cm³/mol. The zero-order chi connectivity index (χ0) is 17.8. The summed E-state index contributed by atoms with van der Waals surface area (Å²) in [6.07, 6.45) is 0. The molecule has 5 rings (SSSR count). The van der Waals surface area contributed by atoms with Crippen molar-refractivity contribution in [2.45, 2.75) is 13.8 Å². The van der Waals surface area contributed by atoms with Gasteiger partial charge in [0.15, 0.2) is 5.78 Å². The average Bonchev–Trinajstić information content (AvgIpc) is 2.94. The molecular weight excluding hydrogens is 318 g/mol. The molecule has 0 saturated heterocycles. The molecule has 1 heterocycles. The molecule has 4 aromatic rings. The molecular formula is C24H17NO. The molecule has 2 nitrogen and oxygen atoms in total. The van der Waals surface area contributed by atoms with Gasteiger partial charge in [-0.25, -0.2) is 4.98 Å². The number of nitrogens with zero attached hydrogens (tertiary/aromatic N) is 1. The second-order valence-corrected chi connectivity index (χ2v) is 7.00. The van der Waals surface area contributed by atoms with Gasteiger partial charge >= 0.3 is 0 Å². The summed E-state index contributed by atoms with van der Waals surface area (Å²) in [5.74, 6) is 0.107. The van der Waals surface area contributed by atoms with Gasteiger partial charge in [-0.2, -0.15) is 0 Å². The van der Waals surface area contributed by atoms with Gasteiger partial charge in [0, 0.05) is 27.6 Å². The third-order valence-corrected chi connectivity index (χ3v) is 5.07. The van der Waals surface area contributed by atoms with E-state index in [1.54, 1.807) is 0 Å². The lowest BCUT2D eigenvalue weighted by atomic mass is 9.99. The summed E-state index contributed by atoms with van der Waals surface area (Å²) in [7, 11) is 0. The summed E-state index contributed by atoms with van der Waals surface area (Å²) >= 11 is 0. The minimum absolute atomic E-state index is 0.107. The molecule has 1 aliphatic carbocycles. The second-order valence-electron chi connectivity index (χ2n) is 7.00. The standard InChI is InChI=1S/C24H17NO/c1-14-11-15(2)13-16(12-14)21-9-7-19-22(25-21)10-8-20-23(19)17-5-3-4-6-18(17)24(20)26/h3-13H,1-2H3. The number of pyridine rings is 1. The highest BCUT2D eigenvalue weighted by Gasteiger charge is 2.27. The Morgan fingerprint density at radius 1 is 0.731 bits per heavy atom. The first kappa shape index (κ1) is 15.0. The molecule has 26 heavy (non-hydrogen) atoms. The van der Waals surface area contributed by atoms with Crippen molar-refractivity contribution in [2.75, 3.05) is 0 Å².